The number of hydrogen-bond acceptors (Lipinski definition) is 3. The largest absolute Gasteiger partial charge is 0.488 e. The average molecular weight is 269 g/mol. The van der Waals surface area contributed by atoms with Crippen LogP contribution in [0.4, 0.5) is 10.1 Å². The maximum absolute atomic E-state index is 13.6. The van der Waals surface area contributed by atoms with E-state index < -0.39 is 5.82 Å². The van der Waals surface area contributed by atoms with Crippen molar-refractivity contribution in [3.8, 4) is 5.75 Å². The van der Waals surface area contributed by atoms with Crippen molar-refractivity contribution in [3.05, 3.63) is 24.0 Å². The average Bonchev–Trinajstić information content (AvgIpc) is 2.31. The molecule has 0 aliphatic heterocycles. The van der Waals surface area contributed by atoms with E-state index in [4.69, 9.17) is 26.7 Å². The fourth-order valence-corrected chi connectivity index (χ4v) is 1.20. The molecule has 0 radical (unpaired) electrons. The zero-order chi connectivity index (χ0) is 14.3. The monoisotopic (exact) mass is 269 g/mol. The van der Waals surface area contributed by atoms with Crippen LogP contribution in [0.25, 0.3) is 0 Å². The molecular formula is C11H16FN5O2. The second kappa shape index (κ2) is 7.17. The molecule has 0 spiro atoms. The molecule has 0 unspecified atom stereocenters. The van der Waals surface area contributed by atoms with Crippen LogP contribution in [0.15, 0.2) is 28.2 Å². The molecule has 1 aromatic rings. The number of nitrogens with two attached hydrogens (primary N) is 3. The van der Waals surface area contributed by atoms with Gasteiger partial charge in [0.05, 0.1) is 12.3 Å². The standard InChI is InChI=1S/C11H16FN5O2/c1-18-4-5-19-9-3-2-7(6-8(9)12)16-11(15)17-10(13)14/h2-3,6H,4-5H2,1H3,(H6,13,14,15,16,17). The zero-order valence-electron chi connectivity index (χ0n) is 10.5. The number of rotatable bonds is 5. The van der Waals surface area contributed by atoms with E-state index in [0.29, 0.717) is 6.61 Å². The Labute approximate surface area is 109 Å². The Kier molecular flexibility index (Phi) is 5.55. The summed E-state index contributed by atoms with van der Waals surface area (Å²) in [6.07, 6.45) is 0. The van der Waals surface area contributed by atoms with Gasteiger partial charge in [-0.15, -0.1) is 0 Å². The minimum absolute atomic E-state index is 0.108. The van der Waals surface area contributed by atoms with Gasteiger partial charge >= 0.3 is 0 Å². The smallest absolute Gasteiger partial charge is 0.223 e. The molecule has 0 atom stereocenters. The van der Waals surface area contributed by atoms with Crippen LogP contribution >= 0.6 is 0 Å². The Hall–Kier alpha value is -2.35. The van der Waals surface area contributed by atoms with Crippen molar-refractivity contribution in [1.82, 2.24) is 0 Å². The maximum atomic E-state index is 13.6. The van der Waals surface area contributed by atoms with Gasteiger partial charge in [0.1, 0.15) is 6.61 Å². The molecule has 104 valence electrons. The van der Waals surface area contributed by atoms with Gasteiger partial charge in [-0.3, -0.25) is 0 Å². The van der Waals surface area contributed by atoms with Crippen LogP contribution in [0.3, 0.4) is 0 Å². The van der Waals surface area contributed by atoms with Crippen molar-refractivity contribution in [3.63, 3.8) is 0 Å². The van der Waals surface area contributed by atoms with Crippen LogP contribution in [-0.2, 0) is 4.74 Å². The van der Waals surface area contributed by atoms with Crippen molar-refractivity contribution < 1.29 is 13.9 Å². The third kappa shape index (κ3) is 5.21. The summed E-state index contributed by atoms with van der Waals surface area (Å²) in [5.74, 6) is -0.833. The van der Waals surface area contributed by atoms with E-state index >= 15 is 0 Å². The molecule has 0 aromatic heterocycles. The van der Waals surface area contributed by atoms with Crippen LogP contribution in [0.2, 0.25) is 0 Å². The molecule has 0 amide bonds. The highest BCUT2D eigenvalue weighted by Crippen LogP contribution is 2.22. The second-order valence-electron chi connectivity index (χ2n) is 3.46. The van der Waals surface area contributed by atoms with Crippen LogP contribution in [0.1, 0.15) is 0 Å². The molecule has 1 aromatic carbocycles. The molecule has 8 heteroatoms. The molecule has 7 nitrogen and oxygen atoms in total. The lowest BCUT2D eigenvalue weighted by Crippen LogP contribution is -2.26. The van der Waals surface area contributed by atoms with Gasteiger partial charge in [0.15, 0.2) is 17.5 Å². The first-order chi connectivity index (χ1) is 9.02. The van der Waals surface area contributed by atoms with E-state index in [-0.39, 0.29) is 30.0 Å². The summed E-state index contributed by atoms with van der Waals surface area (Å²) in [6, 6.07) is 4.13. The predicted molar refractivity (Wildman–Crippen MR) is 70.9 cm³/mol. The van der Waals surface area contributed by atoms with Crippen molar-refractivity contribution in [1.29, 1.82) is 0 Å². The van der Waals surface area contributed by atoms with E-state index in [0.717, 1.165) is 6.07 Å². The summed E-state index contributed by atoms with van der Waals surface area (Å²) in [4.78, 5) is 7.34. The Morgan fingerprint density at radius 1 is 1.26 bits per heavy atom. The summed E-state index contributed by atoms with van der Waals surface area (Å²) < 4.78 is 23.6. The topological polar surface area (TPSA) is 121 Å². The molecule has 1 rings (SSSR count). The van der Waals surface area contributed by atoms with Gasteiger partial charge in [-0.05, 0) is 12.1 Å². The van der Waals surface area contributed by atoms with E-state index in [9.17, 15) is 4.39 Å². The van der Waals surface area contributed by atoms with Crippen molar-refractivity contribution >= 4 is 17.6 Å². The van der Waals surface area contributed by atoms with Gasteiger partial charge < -0.3 is 26.7 Å². The van der Waals surface area contributed by atoms with Crippen molar-refractivity contribution in [2.75, 3.05) is 20.3 Å². The summed E-state index contributed by atoms with van der Waals surface area (Å²) in [6.45, 7) is 0.628. The first kappa shape index (κ1) is 14.7. The molecule has 6 N–H and O–H groups in total. The Morgan fingerprint density at radius 3 is 2.58 bits per heavy atom. The van der Waals surface area contributed by atoms with Gasteiger partial charge in [-0.2, -0.15) is 4.99 Å². The fraction of sp³-hybridized carbons (Fsp3) is 0.273. The second-order valence-corrected chi connectivity index (χ2v) is 3.46. The molecule has 0 saturated carbocycles. The van der Waals surface area contributed by atoms with E-state index in [1.54, 1.807) is 0 Å². The Balaban J connectivity index is 2.79. The number of methoxy groups -OCH3 is 1. The van der Waals surface area contributed by atoms with E-state index in [1.165, 1.54) is 19.2 Å². The predicted octanol–water partition coefficient (Wildman–Crippen LogP) is 0.0705. The van der Waals surface area contributed by atoms with Crippen LogP contribution in [0, 0.1) is 5.82 Å². The van der Waals surface area contributed by atoms with Crippen LogP contribution in [-0.4, -0.2) is 32.2 Å². The molecule has 0 heterocycles. The van der Waals surface area contributed by atoms with E-state index in [1.807, 2.05) is 0 Å². The number of aliphatic imine (C=N–C) groups is 2. The number of halogens is 1. The van der Waals surface area contributed by atoms with Crippen LogP contribution < -0.4 is 21.9 Å². The van der Waals surface area contributed by atoms with E-state index in [2.05, 4.69) is 9.98 Å². The third-order valence-electron chi connectivity index (χ3n) is 1.95. The first-order valence-electron chi connectivity index (χ1n) is 5.38. The molecular weight excluding hydrogens is 253 g/mol. The zero-order valence-corrected chi connectivity index (χ0v) is 10.5. The highest BCUT2D eigenvalue weighted by Gasteiger charge is 2.04. The maximum Gasteiger partial charge on any atom is 0.223 e. The molecule has 19 heavy (non-hydrogen) atoms. The molecule has 0 bridgehead atoms. The third-order valence-corrected chi connectivity index (χ3v) is 1.95. The van der Waals surface area contributed by atoms with Gasteiger partial charge in [-0.1, -0.05) is 0 Å². The number of guanidine groups is 2. The Morgan fingerprint density at radius 2 is 2.00 bits per heavy atom. The molecule has 0 aliphatic rings. The van der Waals surface area contributed by atoms with Crippen molar-refractivity contribution in [2.45, 2.75) is 0 Å². The summed E-state index contributed by atoms with van der Waals surface area (Å²) in [7, 11) is 1.53. The van der Waals surface area contributed by atoms with Gasteiger partial charge in [-0.25, -0.2) is 9.38 Å². The van der Waals surface area contributed by atoms with Crippen LogP contribution in [0.5, 0.6) is 5.75 Å². The minimum Gasteiger partial charge on any atom is -0.488 e. The lowest BCUT2D eigenvalue weighted by Gasteiger charge is -2.06. The summed E-state index contributed by atoms with van der Waals surface area (Å²) in [5, 5.41) is 0. The summed E-state index contributed by atoms with van der Waals surface area (Å²) >= 11 is 0. The quantitative estimate of drug-likeness (QED) is 0.397. The number of hydrogen-bond donors (Lipinski definition) is 3. The number of nitrogens with zero attached hydrogens (tertiary/aromatic N) is 2. The number of ether oxygens (including phenoxy) is 2. The minimum atomic E-state index is -0.560. The highest BCUT2D eigenvalue weighted by atomic mass is 19.1. The fourth-order valence-electron chi connectivity index (χ4n) is 1.20. The van der Waals surface area contributed by atoms with Gasteiger partial charge in [0.2, 0.25) is 5.96 Å². The molecule has 0 fully saturated rings. The summed E-state index contributed by atoms with van der Waals surface area (Å²) in [5.41, 5.74) is 16.0. The number of benzene rings is 1. The lowest BCUT2D eigenvalue weighted by atomic mass is 10.3. The van der Waals surface area contributed by atoms with Gasteiger partial charge in [0.25, 0.3) is 0 Å². The van der Waals surface area contributed by atoms with Gasteiger partial charge in [0, 0.05) is 13.2 Å². The normalized spacial score (nSPS) is 11.2. The highest BCUT2D eigenvalue weighted by molar-refractivity contribution is 5.93. The molecule has 0 aliphatic carbocycles. The van der Waals surface area contributed by atoms with Crippen molar-refractivity contribution in [2.24, 2.45) is 27.2 Å². The SMILES string of the molecule is COCCOc1ccc(N=C(N)N=C(N)N)cc1F. The molecule has 0 saturated heterocycles. The first-order valence-corrected chi connectivity index (χ1v) is 5.38. The Bertz CT molecular complexity index is 486. The lowest BCUT2D eigenvalue weighted by molar-refractivity contribution is 0.144.